The Hall–Kier alpha value is -2.89. The van der Waals surface area contributed by atoms with Crippen molar-refractivity contribution in [1.29, 1.82) is 0 Å². The molecule has 0 atom stereocenters. The second-order valence-corrected chi connectivity index (χ2v) is 14.6. The Morgan fingerprint density at radius 1 is 0.814 bits per heavy atom. The van der Waals surface area contributed by atoms with E-state index < -0.39 is 46.0 Å². The molecule has 12 heteroatoms. The van der Waals surface area contributed by atoms with Crippen LogP contribution < -0.4 is 4.90 Å². The van der Waals surface area contributed by atoms with Gasteiger partial charge in [-0.2, -0.15) is 26.3 Å². The third kappa shape index (κ3) is 7.99. The highest BCUT2D eigenvalue weighted by molar-refractivity contribution is 6.32. The zero-order valence-electron chi connectivity index (χ0n) is 25.1. The van der Waals surface area contributed by atoms with Crippen LogP contribution in [-0.2, 0) is 32.6 Å². The normalized spacial score (nSPS) is 13.3. The fourth-order valence-corrected chi connectivity index (χ4v) is 5.28. The standard InChI is InChI=1S/C31H33ClF6N2O2Si/c1-27(2,3)43-42-29(6,7)23-12-10-9-11-21(23)22-16-25(32)39-17-24(22)40(8)26(41)28(4,5)18-13-19(30(33,34)35)15-20(14-18)31(36,37)38/h9-17H,1-8H3. The number of carbonyl (C=O) groups is 1. The summed E-state index contributed by atoms with van der Waals surface area (Å²) in [6.07, 6.45) is -8.76. The van der Waals surface area contributed by atoms with Crippen molar-refractivity contribution < 1.29 is 35.6 Å². The second kappa shape index (κ2) is 11.9. The van der Waals surface area contributed by atoms with E-state index in [4.69, 9.17) is 16.0 Å². The van der Waals surface area contributed by atoms with E-state index in [0.29, 0.717) is 23.3 Å². The van der Waals surface area contributed by atoms with Crippen molar-refractivity contribution in [3.05, 3.63) is 82.1 Å². The minimum absolute atomic E-state index is 0.0377. The van der Waals surface area contributed by atoms with Gasteiger partial charge in [-0.05, 0) is 73.7 Å². The maximum Gasteiger partial charge on any atom is 0.416 e. The lowest BCUT2D eigenvalue weighted by Gasteiger charge is -2.34. The molecule has 0 saturated carbocycles. The van der Waals surface area contributed by atoms with Crippen LogP contribution in [0.4, 0.5) is 32.0 Å². The summed E-state index contributed by atoms with van der Waals surface area (Å²) >= 11 is 6.29. The third-order valence-electron chi connectivity index (χ3n) is 6.84. The summed E-state index contributed by atoms with van der Waals surface area (Å²) in [5.41, 5.74) is -3.82. The minimum Gasteiger partial charge on any atom is -0.408 e. The first kappa shape index (κ1) is 34.6. The quantitative estimate of drug-likeness (QED) is 0.146. The average molecular weight is 643 g/mol. The number of hydrogen-bond donors (Lipinski definition) is 0. The van der Waals surface area contributed by atoms with Gasteiger partial charge in [0.1, 0.15) is 5.15 Å². The van der Waals surface area contributed by atoms with Gasteiger partial charge in [0.2, 0.25) is 15.7 Å². The second-order valence-electron chi connectivity index (χ2n) is 12.3. The van der Waals surface area contributed by atoms with Crippen molar-refractivity contribution >= 4 is 33.0 Å². The molecule has 0 fully saturated rings. The maximum atomic E-state index is 13.9. The summed E-state index contributed by atoms with van der Waals surface area (Å²) in [5, 5.41) is 0.0296. The molecule has 0 spiro atoms. The SMILES string of the molecule is CN(C(=O)C(C)(C)c1cc(C(F)(F)F)cc(C(F)(F)F)c1)c1cnc(Cl)cc1-c1ccccc1C(C)(C)O[Si]C(C)(C)C. The van der Waals surface area contributed by atoms with E-state index in [1.54, 1.807) is 12.1 Å². The predicted octanol–water partition coefficient (Wildman–Crippen LogP) is 9.47. The summed E-state index contributed by atoms with van der Waals surface area (Å²) < 4.78 is 87.9. The number of rotatable bonds is 7. The highest BCUT2D eigenvalue weighted by Gasteiger charge is 2.41. The molecular weight excluding hydrogens is 610 g/mol. The molecule has 0 aliphatic heterocycles. The number of halogens is 7. The van der Waals surface area contributed by atoms with Crippen LogP contribution in [0.2, 0.25) is 10.2 Å². The van der Waals surface area contributed by atoms with Crippen LogP contribution >= 0.6 is 11.6 Å². The van der Waals surface area contributed by atoms with Gasteiger partial charge < -0.3 is 9.33 Å². The van der Waals surface area contributed by atoms with Crippen molar-refractivity contribution in [3.63, 3.8) is 0 Å². The molecule has 0 N–H and O–H groups in total. The monoisotopic (exact) mass is 642 g/mol. The largest absolute Gasteiger partial charge is 0.416 e. The number of aromatic nitrogens is 1. The lowest BCUT2D eigenvalue weighted by atomic mass is 9.81. The van der Waals surface area contributed by atoms with Crippen LogP contribution in [0.25, 0.3) is 11.1 Å². The van der Waals surface area contributed by atoms with E-state index in [9.17, 15) is 31.1 Å². The molecule has 4 nitrogen and oxygen atoms in total. The van der Waals surface area contributed by atoms with Crippen LogP contribution in [-0.4, -0.2) is 27.7 Å². The van der Waals surface area contributed by atoms with E-state index in [2.05, 4.69) is 25.8 Å². The predicted molar refractivity (Wildman–Crippen MR) is 157 cm³/mol. The summed E-state index contributed by atoms with van der Waals surface area (Å²) in [4.78, 5) is 19.2. The Morgan fingerprint density at radius 2 is 1.33 bits per heavy atom. The lowest BCUT2D eigenvalue weighted by Crippen LogP contribution is -2.42. The van der Waals surface area contributed by atoms with Crippen molar-refractivity contribution in [3.8, 4) is 11.1 Å². The van der Waals surface area contributed by atoms with Gasteiger partial charge in [-0.1, -0.05) is 56.6 Å². The van der Waals surface area contributed by atoms with Crippen LogP contribution in [0.5, 0.6) is 0 Å². The number of nitrogens with zero attached hydrogens (tertiary/aromatic N) is 2. The average Bonchev–Trinajstić information content (AvgIpc) is 2.89. The van der Waals surface area contributed by atoms with Crippen LogP contribution in [0.1, 0.15) is 70.7 Å². The fraction of sp³-hybridized carbons (Fsp3) is 0.419. The number of alkyl halides is 6. The molecule has 2 aromatic carbocycles. The molecule has 1 amide bonds. The molecule has 1 aromatic heterocycles. The highest BCUT2D eigenvalue weighted by atomic mass is 35.5. The van der Waals surface area contributed by atoms with Gasteiger partial charge in [0, 0.05) is 12.6 Å². The summed E-state index contributed by atoms with van der Waals surface area (Å²) in [6, 6.07) is 10.1. The Kier molecular flexibility index (Phi) is 9.57. The van der Waals surface area contributed by atoms with E-state index in [1.165, 1.54) is 32.0 Å². The number of anilines is 1. The molecule has 0 bridgehead atoms. The van der Waals surface area contributed by atoms with E-state index in [-0.39, 0.29) is 31.7 Å². The first-order valence-corrected chi connectivity index (χ1v) is 14.5. The molecule has 0 aliphatic rings. The Morgan fingerprint density at radius 3 is 1.84 bits per heavy atom. The van der Waals surface area contributed by atoms with Crippen LogP contribution in [0.15, 0.2) is 54.7 Å². The van der Waals surface area contributed by atoms with E-state index in [1.807, 2.05) is 32.0 Å². The molecule has 0 aliphatic carbocycles. The topological polar surface area (TPSA) is 42.4 Å². The molecule has 0 unspecified atom stereocenters. The van der Waals surface area contributed by atoms with Crippen LogP contribution in [0.3, 0.4) is 0 Å². The third-order valence-corrected chi connectivity index (χ3v) is 8.27. The Labute approximate surface area is 255 Å². The van der Waals surface area contributed by atoms with Gasteiger partial charge in [-0.15, -0.1) is 0 Å². The number of likely N-dealkylation sites (N-methyl/N-ethyl adjacent to an activating group) is 1. The molecule has 2 radical (unpaired) electrons. The van der Waals surface area contributed by atoms with Crippen LogP contribution in [0, 0.1) is 0 Å². The molecule has 3 aromatic rings. The number of carbonyl (C=O) groups excluding carboxylic acids is 1. The minimum atomic E-state index is -5.06. The molecular formula is C31H33ClF6N2O2Si. The van der Waals surface area contributed by atoms with E-state index >= 15 is 0 Å². The highest BCUT2D eigenvalue weighted by Crippen LogP contribution is 2.43. The first-order chi connectivity index (χ1) is 19.4. The summed E-state index contributed by atoms with van der Waals surface area (Å²) in [6.45, 7) is 12.6. The molecule has 0 saturated heterocycles. The van der Waals surface area contributed by atoms with Gasteiger partial charge in [0.05, 0.1) is 34.0 Å². The van der Waals surface area contributed by atoms with Crippen molar-refractivity contribution in [2.45, 2.75) is 76.9 Å². The van der Waals surface area contributed by atoms with Crippen molar-refractivity contribution in [1.82, 2.24) is 4.98 Å². The molecule has 232 valence electrons. The first-order valence-electron chi connectivity index (χ1n) is 13.2. The molecule has 3 rings (SSSR count). The Balaban J connectivity index is 2.15. The summed E-state index contributed by atoms with van der Waals surface area (Å²) in [5.74, 6) is -0.757. The van der Waals surface area contributed by atoms with Crippen molar-refractivity contribution in [2.24, 2.45) is 0 Å². The smallest absolute Gasteiger partial charge is 0.408 e. The number of amides is 1. The number of benzene rings is 2. The van der Waals surface area contributed by atoms with Gasteiger partial charge in [0.25, 0.3) is 0 Å². The zero-order chi connectivity index (χ0) is 32.8. The molecule has 43 heavy (non-hydrogen) atoms. The zero-order valence-corrected chi connectivity index (χ0v) is 26.8. The number of pyridine rings is 1. The maximum absolute atomic E-state index is 13.9. The van der Waals surface area contributed by atoms with Gasteiger partial charge in [0.15, 0.2) is 0 Å². The summed E-state index contributed by atoms with van der Waals surface area (Å²) in [7, 11) is 1.55. The lowest BCUT2D eigenvalue weighted by molar-refractivity contribution is -0.143. The molecule has 1 heterocycles. The van der Waals surface area contributed by atoms with E-state index in [0.717, 1.165) is 5.56 Å². The fourth-order valence-electron chi connectivity index (χ4n) is 4.45. The van der Waals surface area contributed by atoms with Gasteiger partial charge in [-0.25, -0.2) is 4.98 Å². The van der Waals surface area contributed by atoms with Gasteiger partial charge >= 0.3 is 12.4 Å². The number of hydrogen-bond acceptors (Lipinski definition) is 3. The van der Waals surface area contributed by atoms with Gasteiger partial charge in [-0.3, -0.25) is 4.79 Å². The Bertz CT molecular complexity index is 1460. The van der Waals surface area contributed by atoms with Crippen molar-refractivity contribution in [2.75, 3.05) is 11.9 Å².